The topological polar surface area (TPSA) is 24.5 Å². The van der Waals surface area contributed by atoms with Crippen LogP contribution in [0.5, 0.6) is 5.75 Å². The molecular weight excluding hydrogens is 291 g/mol. The maximum absolute atomic E-state index is 13.3. The Morgan fingerprint density at radius 3 is 2.26 bits per heavy atom. The van der Waals surface area contributed by atoms with Gasteiger partial charge in [-0.15, -0.1) is 0 Å². The molecule has 1 aliphatic rings. The summed E-state index contributed by atoms with van der Waals surface area (Å²) in [6.07, 6.45) is 1.12. The number of ether oxygens (including phenoxy) is 1. The average molecular weight is 314 g/mol. The fraction of sp³-hybridized carbons (Fsp3) is 0.368. The van der Waals surface area contributed by atoms with Crippen LogP contribution in [0.15, 0.2) is 48.5 Å². The molecule has 1 atom stereocenters. The van der Waals surface area contributed by atoms with E-state index < -0.39 is 0 Å². The quantitative estimate of drug-likeness (QED) is 0.938. The van der Waals surface area contributed by atoms with Crippen LogP contribution in [0.4, 0.5) is 4.39 Å². The summed E-state index contributed by atoms with van der Waals surface area (Å²) in [5.41, 5.74) is 2.33. The van der Waals surface area contributed by atoms with Gasteiger partial charge in [0.15, 0.2) is 0 Å². The molecule has 0 saturated carbocycles. The first-order valence-corrected chi connectivity index (χ1v) is 8.12. The molecule has 1 N–H and O–H groups in total. The van der Waals surface area contributed by atoms with E-state index in [1.165, 1.54) is 5.56 Å². The lowest BCUT2D eigenvalue weighted by Crippen LogP contribution is -2.33. The van der Waals surface area contributed by atoms with Crippen molar-refractivity contribution in [3.05, 3.63) is 65.5 Å². The van der Waals surface area contributed by atoms with E-state index >= 15 is 0 Å². The van der Waals surface area contributed by atoms with Gasteiger partial charge >= 0.3 is 0 Å². The smallest absolute Gasteiger partial charge is 0.123 e. The molecule has 0 aromatic heterocycles. The number of rotatable bonds is 4. The van der Waals surface area contributed by atoms with Crippen molar-refractivity contribution in [1.82, 2.24) is 10.2 Å². The highest BCUT2D eigenvalue weighted by atomic mass is 19.1. The van der Waals surface area contributed by atoms with Crippen molar-refractivity contribution in [2.75, 3.05) is 33.3 Å². The van der Waals surface area contributed by atoms with Gasteiger partial charge in [-0.05, 0) is 48.4 Å². The summed E-state index contributed by atoms with van der Waals surface area (Å²) >= 11 is 0. The third-order valence-corrected chi connectivity index (χ3v) is 4.36. The minimum absolute atomic E-state index is 0.140. The SMILES string of the molecule is COc1ccc(C(c2ccc(F)cc2)N2CCCNCC2)cc1. The zero-order chi connectivity index (χ0) is 16.1. The molecule has 0 bridgehead atoms. The number of benzene rings is 2. The Balaban J connectivity index is 1.95. The Bertz CT molecular complexity index is 604. The lowest BCUT2D eigenvalue weighted by atomic mass is 9.96. The molecule has 3 rings (SSSR count). The van der Waals surface area contributed by atoms with E-state index in [0.717, 1.165) is 43.9 Å². The van der Waals surface area contributed by atoms with Crippen molar-refractivity contribution in [2.24, 2.45) is 0 Å². The van der Waals surface area contributed by atoms with Gasteiger partial charge in [-0.1, -0.05) is 24.3 Å². The molecule has 2 aromatic rings. The molecule has 1 unspecified atom stereocenters. The normalized spacial score (nSPS) is 17.5. The molecule has 1 saturated heterocycles. The van der Waals surface area contributed by atoms with Gasteiger partial charge < -0.3 is 10.1 Å². The fourth-order valence-electron chi connectivity index (χ4n) is 3.17. The van der Waals surface area contributed by atoms with Gasteiger partial charge in [-0.2, -0.15) is 0 Å². The fourth-order valence-corrected chi connectivity index (χ4v) is 3.17. The molecule has 3 nitrogen and oxygen atoms in total. The van der Waals surface area contributed by atoms with Gasteiger partial charge in [0.25, 0.3) is 0 Å². The Labute approximate surface area is 137 Å². The second-order valence-corrected chi connectivity index (χ2v) is 5.87. The van der Waals surface area contributed by atoms with Crippen LogP contribution < -0.4 is 10.1 Å². The van der Waals surface area contributed by atoms with Gasteiger partial charge in [0, 0.05) is 19.6 Å². The molecular formula is C19H23FN2O. The van der Waals surface area contributed by atoms with Crippen molar-refractivity contribution in [2.45, 2.75) is 12.5 Å². The van der Waals surface area contributed by atoms with Crippen molar-refractivity contribution in [3.63, 3.8) is 0 Å². The predicted octanol–water partition coefficient (Wildman–Crippen LogP) is 3.22. The molecule has 2 aromatic carbocycles. The van der Waals surface area contributed by atoms with E-state index in [1.807, 2.05) is 24.3 Å². The highest BCUT2D eigenvalue weighted by Crippen LogP contribution is 2.30. The first-order chi connectivity index (χ1) is 11.3. The minimum atomic E-state index is -0.195. The molecule has 0 aliphatic carbocycles. The van der Waals surface area contributed by atoms with Gasteiger partial charge in [0.1, 0.15) is 11.6 Å². The number of methoxy groups -OCH3 is 1. The van der Waals surface area contributed by atoms with Gasteiger partial charge in [0.05, 0.1) is 13.2 Å². The largest absolute Gasteiger partial charge is 0.497 e. The van der Waals surface area contributed by atoms with Gasteiger partial charge in [0.2, 0.25) is 0 Å². The third-order valence-electron chi connectivity index (χ3n) is 4.36. The summed E-state index contributed by atoms with van der Waals surface area (Å²) < 4.78 is 18.6. The number of nitrogens with one attached hydrogen (secondary N) is 1. The van der Waals surface area contributed by atoms with E-state index in [2.05, 4.69) is 22.3 Å². The van der Waals surface area contributed by atoms with Crippen LogP contribution in [0.25, 0.3) is 0 Å². The van der Waals surface area contributed by atoms with Gasteiger partial charge in [-0.3, -0.25) is 4.90 Å². The van der Waals surface area contributed by atoms with Crippen LogP contribution in [0.3, 0.4) is 0 Å². The highest BCUT2D eigenvalue weighted by molar-refractivity contribution is 5.35. The monoisotopic (exact) mass is 314 g/mol. The molecule has 0 radical (unpaired) electrons. The van der Waals surface area contributed by atoms with Crippen molar-refractivity contribution in [1.29, 1.82) is 0 Å². The zero-order valence-corrected chi connectivity index (χ0v) is 13.5. The third kappa shape index (κ3) is 3.89. The van der Waals surface area contributed by atoms with Crippen LogP contribution >= 0.6 is 0 Å². The molecule has 23 heavy (non-hydrogen) atoms. The van der Waals surface area contributed by atoms with Crippen LogP contribution in [0.2, 0.25) is 0 Å². The van der Waals surface area contributed by atoms with Crippen molar-refractivity contribution < 1.29 is 9.13 Å². The molecule has 4 heteroatoms. The number of hydrogen-bond acceptors (Lipinski definition) is 3. The van der Waals surface area contributed by atoms with E-state index in [0.29, 0.717) is 0 Å². The summed E-state index contributed by atoms with van der Waals surface area (Å²) in [6, 6.07) is 15.2. The van der Waals surface area contributed by atoms with Crippen LogP contribution in [0, 0.1) is 5.82 Å². The first-order valence-electron chi connectivity index (χ1n) is 8.12. The highest BCUT2D eigenvalue weighted by Gasteiger charge is 2.23. The van der Waals surface area contributed by atoms with E-state index in [4.69, 9.17) is 4.74 Å². The van der Waals surface area contributed by atoms with Gasteiger partial charge in [-0.25, -0.2) is 4.39 Å². The maximum Gasteiger partial charge on any atom is 0.123 e. The lowest BCUT2D eigenvalue weighted by molar-refractivity contribution is 0.241. The predicted molar refractivity (Wildman–Crippen MR) is 90.3 cm³/mol. The van der Waals surface area contributed by atoms with Crippen molar-refractivity contribution >= 4 is 0 Å². The molecule has 1 aliphatic heterocycles. The molecule has 0 amide bonds. The summed E-state index contributed by atoms with van der Waals surface area (Å²) in [7, 11) is 1.67. The first kappa shape index (κ1) is 16.0. The number of halogens is 1. The number of hydrogen-bond donors (Lipinski definition) is 1. The molecule has 122 valence electrons. The van der Waals surface area contributed by atoms with E-state index in [1.54, 1.807) is 19.2 Å². The Kier molecular flexibility index (Phi) is 5.26. The second kappa shape index (κ2) is 7.57. The minimum Gasteiger partial charge on any atom is -0.497 e. The molecule has 1 fully saturated rings. The second-order valence-electron chi connectivity index (χ2n) is 5.87. The number of nitrogens with zero attached hydrogens (tertiary/aromatic N) is 1. The summed E-state index contributed by atoms with van der Waals surface area (Å²) in [4.78, 5) is 2.47. The lowest BCUT2D eigenvalue weighted by Gasteiger charge is -2.31. The van der Waals surface area contributed by atoms with Crippen molar-refractivity contribution in [3.8, 4) is 5.75 Å². The van der Waals surface area contributed by atoms with E-state index in [-0.39, 0.29) is 11.9 Å². The Hall–Kier alpha value is -1.91. The molecule has 0 spiro atoms. The summed E-state index contributed by atoms with van der Waals surface area (Å²) in [5.74, 6) is 0.656. The standard InChI is InChI=1S/C19H23FN2O/c1-23-18-9-5-16(6-10-18)19(15-3-7-17(20)8-4-15)22-13-2-11-21-12-14-22/h3-10,19,21H,2,11-14H2,1H3. The summed E-state index contributed by atoms with van der Waals surface area (Å²) in [5, 5.41) is 3.44. The van der Waals surface area contributed by atoms with Crippen LogP contribution in [0.1, 0.15) is 23.6 Å². The van der Waals surface area contributed by atoms with Crippen LogP contribution in [-0.2, 0) is 0 Å². The summed E-state index contributed by atoms with van der Waals surface area (Å²) in [6.45, 7) is 4.04. The Morgan fingerprint density at radius 1 is 0.957 bits per heavy atom. The van der Waals surface area contributed by atoms with E-state index in [9.17, 15) is 4.39 Å². The van der Waals surface area contributed by atoms with Crippen LogP contribution in [-0.4, -0.2) is 38.2 Å². The Morgan fingerprint density at radius 2 is 1.61 bits per heavy atom. The maximum atomic E-state index is 13.3. The zero-order valence-electron chi connectivity index (χ0n) is 13.5. The average Bonchev–Trinajstić information content (AvgIpc) is 2.87. The molecule has 1 heterocycles.